The van der Waals surface area contributed by atoms with Crippen LogP contribution in [-0.4, -0.2) is 35.7 Å². The molecule has 1 aromatic heterocycles. The maximum absolute atomic E-state index is 12.8. The first kappa shape index (κ1) is 25.4. The zero-order chi connectivity index (χ0) is 25.9. The molecule has 0 saturated heterocycles. The van der Waals surface area contributed by atoms with E-state index in [-0.39, 0.29) is 13.2 Å². The summed E-state index contributed by atoms with van der Waals surface area (Å²) in [7, 11) is 1.70. The zero-order valence-corrected chi connectivity index (χ0v) is 20.7. The minimum absolute atomic E-state index is 0.195. The maximum atomic E-state index is 12.8. The van der Waals surface area contributed by atoms with E-state index in [2.05, 4.69) is 10.3 Å². The van der Waals surface area contributed by atoms with Gasteiger partial charge in [-0.1, -0.05) is 78.9 Å². The lowest BCUT2D eigenvalue weighted by molar-refractivity contribution is 0.139. The predicted octanol–water partition coefficient (Wildman–Crippen LogP) is 5.85. The molecule has 7 nitrogen and oxygen atoms in total. The molecule has 0 aliphatic carbocycles. The van der Waals surface area contributed by atoms with E-state index in [0.717, 1.165) is 27.9 Å². The van der Waals surface area contributed by atoms with Gasteiger partial charge in [-0.25, -0.2) is 9.59 Å². The first-order valence-electron chi connectivity index (χ1n) is 12.0. The maximum Gasteiger partial charge on any atom is 0.414 e. The fourth-order valence-corrected chi connectivity index (χ4v) is 3.75. The number of carbonyl (C=O) groups excluding carboxylic acids is 2. The number of aromatic nitrogens is 1. The summed E-state index contributed by atoms with van der Waals surface area (Å²) in [5, 5.41) is 2.81. The van der Waals surface area contributed by atoms with E-state index in [4.69, 9.17) is 9.47 Å². The zero-order valence-electron chi connectivity index (χ0n) is 20.7. The third-order valence-corrected chi connectivity index (χ3v) is 5.77. The third-order valence-electron chi connectivity index (χ3n) is 5.77. The largest absolute Gasteiger partial charge is 0.445 e. The minimum atomic E-state index is -0.507. The predicted molar refractivity (Wildman–Crippen MR) is 142 cm³/mol. The van der Waals surface area contributed by atoms with Gasteiger partial charge in [-0.2, -0.15) is 0 Å². The molecule has 0 unspecified atom stereocenters. The van der Waals surface area contributed by atoms with E-state index in [1.165, 1.54) is 4.90 Å². The fourth-order valence-electron chi connectivity index (χ4n) is 3.75. The van der Waals surface area contributed by atoms with Gasteiger partial charge in [-0.05, 0) is 34.9 Å². The van der Waals surface area contributed by atoms with Gasteiger partial charge >= 0.3 is 12.2 Å². The van der Waals surface area contributed by atoms with Crippen LogP contribution in [-0.2, 0) is 24.3 Å². The van der Waals surface area contributed by atoms with E-state index in [1.54, 1.807) is 19.3 Å². The molecule has 1 heterocycles. The van der Waals surface area contributed by atoms with Crippen molar-refractivity contribution in [1.29, 1.82) is 0 Å². The molecule has 3 aromatic carbocycles. The molecule has 0 fully saturated rings. The van der Waals surface area contributed by atoms with Gasteiger partial charge in [0.1, 0.15) is 12.4 Å². The second-order valence-electron chi connectivity index (χ2n) is 8.43. The van der Waals surface area contributed by atoms with E-state index in [0.29, 0.717) is 18.7 Å². The Labute approximate surface area is 216 Å². The van der Waals surface area contributed by atoms with Crippen LogP contribution in [0.2, 0.25) is 0 Å². The lowest BCUT2D eigenvalue weighted by Gasteiger charge is -2.19. The van der Waals surface area contributed by atoms with Crippen LogP contribution in [0.5, 0.6) is 5.75 Å². The number of nitrogens with one attached hydrogen (secondary N) is 1. The highest BCUT2D eigenvalue weighted by Crippen LogP contribution is 2.32. The number of alkyl carbamates (subject to hydrolysis) is 1. The number of rotatable bonds is 9. The van der Waals surface area contributed by atoms with Crippen LogP contribution < -0.4 is 10.1 Å². The van der Waals surface area contributed by atoms with Crippen LogP contribution in [0.15, 0.2) is 103 Å². The topological polar surface area (TPSA) is 80.8 Å². The molecule has 4 aromatic rings. The van der Waals surface area contributed by atoms with E-state index in [1.807, 2.05) is 91.0 Å². The number of benzene rings is 3. The normalized spacial score (nSPS) is 10.4. The van der Waals surface area contributed by atoms with Gasteiger partial charge in [0.15, 0.2) is 0 Å². The van der Waals surface area contributed by atoms with E-state index in [9.17, 15) is 9.59 Å². The molecule has 0 spiro atoms. The van der Waals surface area contributed by atoms with Crippen LogP contribution in [0.3, 0.4) is 0 Å². The quantitative estimate of drug-likeness (QED) is 0.315. The third kappa shape index (κ3) is 7.41. The van der Waals surface area contributed by atoms with Crippen molar-refractivity contribution in [1.82, 2.24) is 15.2 Å². The van der Waals surface area contributed by atoms with Crippen molar-refractivity contribution in [2.24, 2.45) is 0 Å². The molecule has 0 saturated carbocycles. The van der Waals surface area contributed by atoms with E-state index < -0.39 is 12.2 Å². The van der Waals surface area contributed by atoms with Gasteiger partial charge < -0.3 is 19.7 Å². The smallest absolute Gasteiger partial charge is 0.414 e. The Morgan fingerprint density at radius 2 is 1.54 bits per heavy atom. The molecule has 1 N–H and O–H groups in total. The second kappa shape index (κ2) is 12.9. The molecule has 0 aliphatic rings. The van der Waals surface area contributed by atoms with Crippen LogP contribution in [0, 0.1) is 0 Å². The van der Waals surface area contributed by atoms with Crippen molar-refractivity contribution in [3.63, 3.8) is 0 Å². The Kier molecular flexibility index (Phi) is 8.86. The molecule has 37 heavy (non-hydrogen) atoms. The van der Waals surface area contributed by atoms with E-state index >= 15 is 0 Å². The minimum Gasteiger partial charge on any atom is -0.445 e. The highest BCUT2D eigenvalue weighted by atomic mass is 16.6. The summed E-state index contributed by atoms with van der Waals surface area (Å²) in [6.45, 7) is 0.931. The van der Waals surface area contributed by atoms with Crippen molar-refractivity contribution in [2.45, 2.75) is 19.6 Å². The van der Waals surface area contributed by atoms with Crippen LogP contribution >= 0.6 is 0 Å². The Morgan fingerprint density at radius 3 is 2.32 bits per heavy atom. The molecule has 188 valence electrons. The van der Waals surface area contributed by atoms with Crippen molar-refractivity contribution >= 4 is 12.2 Å². The van der Waals surface area contributed by atoms with Gasteiger partial charge in [-0.15, -0.1) is 0 Å². The van der Waals surface area contributed by atoms with Crippen molar-refractivity contribution in [3.8, 4) is 16.9 Å². The molecule has 0 bridgehead atoms. The number of ether oxygens (including phenoxy) is 2. The average molecular weight is 496 g/mol. The molecule has 0 atom stereocenters. The van der Waals surface area contributed by atoms with Gasteiger partial charge in [-0.3, -0.25) is 4.98 Å². The van der Waals surface area contributed by atoms with Crippen LogP contribution in [0.25, 0.3) is 11.1 Å². The van der Waals surface area contributed by atoms with Crippen molar-refractivity contribution in [3.05, 3.63) is 120 Å². The number of likely N-dealkylation sites (N-methyl/N-ethyl adjacent to an activating group) is 1. The number of carbonyl (C=O) groups is 2. The summed E-state index contributed by atoms with van der Waals surface area (Å²) >= 11 is 0. The lowest BCUT2D eigenvalue weighted by Crippen LogP contribution is -2.31. The van der Waals surface area contributed by atoms with Crippen LogP contribution in [0.4, 0.5) is 9.59 Å². The molecule has 4 rings (SSSR count). The summed E-state index contributed by atoms with van der Waals surface area (Å²) < 4.78 is 11.1. The van der Waals surface area contributed by atoms with Gasteiger partial charge in [0.2, 0.25) is 0 Å². The summed E-state index contributed by atoms with van der Waals surface area (Å²) in [6, 6.07) is 30.2. The SMILES string of the molecule is CN(CCc1ccccn1)C(=O)Oc1ccccc1-c1ccccc1CNC(=O)OCc1ccccc1. The fraction of sp³-hybridized carbons (Fsp3) is 0.167. The number of hydrogen-bond donors (Lipinski definition) is 1. The molecular weight excluding hydrogens is 466 g/mol. The number of hydrogen-bond acceptors (Lipinski definition) is 5. The Morgan fingerprint density at radius 1 is 0.838 bits per heavy atom. The highest BCUT2D eigenvalue weighted by Gasteiger charge is 2.16. The van der Waals surface area contributed by atoms with Gasteiger partial charge in [0.25, 0.3) is 0 Å². The molecule has 7 heteroatoms. The Bertz CT molecular complexity index is 1310. The molecule has 0 aliphatic heterocycles. The molecule has 0 radical (unpaired) electrons. The number of amides is 2. The Balaban J connectivity index is 1.40. The monoisotopic (exact) mass is 495 g/mol. The Hall–Kier alpha value is -4.65. The first-order valence-corrected chi connectivity index (χ1v) is 12.0. The lowest BCUT2D eigenvalue weighted by atomic mass is 9.99. The highest BCUT2D eigenvalue weighted by molar-refractivity contribution is 5.79. The van der Waals surface area contributed by atoms with Crippen LogP contribution in [0.1, 0.15) is 16.8 Å². The summed E-state index contributed by atoms with van der Waals surface area (Å²) in [5.74, 6) is 0.441. The molecular formula is C30H29N3O4. The summed E-state index contributed by atoms with van der Waals surface area (Å²) in [5.41, 5.74) is 4.30. The number of para-hydroxylation sites is 1. The second-order valence-corrected chi connectivity index (χ2v) is 8.43. The number of pyridine rings is 1. The number of nitrogens with zero attached hydrogens (tertiary/aromatic N) is 2. The molecule has 2 amide bonds. The summed E-state index contributed by atoms with van der Waals surface area (Å²) in [6.07, 6.45) is 1.40. The summed E-state index contributed by atoms with van der Waals surface area (Å²) in [4.78, 5) is 30.9. The first-order chi connectivity index (χ1) is 18.1. The van der Waals surface area contributed by atoms with Crippen molar-refractivity contribution < 1.29 is 19.1 Å². The standard InChI is InChI=1S/C30H29N3O4/c1-33(20-18-25-14-9-10-19-31-25)30(35)37-28-17-8-7-16-27(28)26-15-6-5-13-24(26)21-32-29(34)36-22-23-11-3-2-4-12-23/h2-17,19H,18,20-22H2,1H3,(H,32,34). The van der Waals surface area contributed by atoms with Gasteiger partial charge in [0.05, 0.1) is 0 Å². The van der Waals surface area contributed by atoms with Crippen molar-refractivity contribution in [2.75, 3.05) is 13.6 Å². The van der Waals surface area contributed by atoms with Gasteiger partial charge in [0, 0.05) is 44.0 Å². The average Bonchev–Trinajstić information content (AvgIpc) is 2.95.